The average molecular weight is 272 g/mol. The summed E-state index contributed by atoms with van der Waals surface area (Å²) in [4.78, 5) is 10.6. The Morgan fingerprint density at radius 1 is 0.950 bits per heavy atom. The molecule has 104 valence electrons. The van der Waals surface area contributed by atoms with Crippen molar-refractivity contribution in [2.75, 3.05) is 7.11 Å². The van der Waals surface area contributed by atoms with Gasteiger partial charge in [-0.15, -0.1) is 0 Å². The van der Waals surface area contributed by atoms with Crippen molar-refractivity contribution < 1.29 is 19.4 Å². The first-order chi connectivity index (χ1) is 9.67. The smallest absolute Gasteiger partial charge is 0.307 e. The monoisotopic (exact) mass is 272 g/mol. The second kappa shape index (κ2) is 6.61. The van der Waals surface area contributed by atoms with Crippen LogP contribution in [-0.4, -0.2) is 18.2 Å². The van der Waals surface area contributed by atoms with Gasteiger partial charge in [-0.1, -0.05) is 24.3 Å². The molecule has 0 heterocycles. The third-order valence-electron chi connectivity index (χ3n) is 2.84. The number of hydrogen-bond acceptors (Lipinski definition) is 3. The number of hydrogen-bond donors (Lipinski definition) is 1. The molecule has 1 N–H and O–H groups in total. The second-order valence-corrected chi connectivity index (χ2v) is 4.35. The van der Waals surface area contributed by atoms with E-state index in [9.17, 15) is 4.79 Å². The quantitative estimate of drug-likeness (QED) is 0.878. The van der Waals surface area contributed by atoms with E-state index in [1.165, 1.54) is 0 Å². The number of carboxylic acids is 1. The molecule has 0 saturated heterocycles. The maximum atomic E-state index is 10.6. The zero-order valence-corrected chi connectivity index (χ0v) is 11.2. The van der Waals surface area contributed by atoms with Gasteiger partial charge in [0.15, 0.2) is 0 Å². The Bertz CT molecular complexity index is 558. The molecule has 20 heavy (non-hydrogen) atoms. The molecule has 0 aliphatic rings. The SMILES string of the molecule is COc1ccc(OCc2ccc(CC(=O)O)cc2)cc1. The fraction of sp³-hybridized carbons (Fsp3) is 0.188. The summed E-state index contributed by atoms with van der Waals surface area (Å²) in [5.74, 6) is 0.725. The van der Waals surface area contributed by atoms with Gasteiger partial charge in [-0.05, 0) is 35.4 Å². The number of carboxylic acid groups (broad SMARTS) is 1. The van der Waals surface area contributed by atoms with E-state index in [2.05, 4.69) is 0 Å². The standard InChI is InChI=1S/C16H16O4/c1-19-14-6-8-15(9-7-14)20-11-13-4-2-12(3-5-13)10-16(17)18/h2-9H,10-11H2,1H3,(H,17,18). The van der Waals surface area contributed by atoms with Gasteiger partial charge in [0.05, 0.1) is 13.5 Å². The van der Waals surface area contributed by atoms with Gasteiger partial charge in [-0.2, -0.15) is 0 Å². The highest BCUT2D eigenvalue weighted by Crippen LogP contribution is 2.18. The maximum Gasteiger partial charge on any atom is 0.307 e. The normalized spacial score (nSPS) is 10.1. The van der Waals surface area contributed by atoms with E-state index in [4.69, 9.17) is 14.6 Å². The summed E-state index contributed by atoms with van der Waals surface area (Å²) in [6.45, 7) is 0.444. The first-order valence-corrected chi connectivity index (χ1v) is 6.24. The lowest BCUT2D eigenvalue weighted by atomic mass is 10.1. The molecule has 2 rings (SSSR count). The summed E-state index contributed by atoms with van der Waals surface area (Å²) >= 11 is 0. The molecule has 0 saturated carbocycles. The maximum absolute atomic E-state index is 10.6. The van der Waals surface area contributed by atoms with Crippen molar-refractivity contribution in [1.82, 2.24) is 0 Å². The Labute approximate surface area is 117 Å². The molecule has 0 aliphatic heterocycles. The van der Waals surface area contributed by atoms with Crippen LogP contribution >= 0.6 is 0 Å². The predicted molar refractivity (Wildman–Crippen MR) is 75.1 cm³/mol. The summed E-state index contributed by atoms with van der Waals surface area (Å²) in [5.41, 5.74) is 1.78. The van der Waals surface area contributed by atoms with E-state index < -0.39 is 5.97 Å². The van der Waals surface area contributed by atoms with E-state index in [1.807, 2.05) is 36.4 Å². The van der Waals surface area contributed by atoms with Gasteiger partial charge in [0.1, 0.15) is 18.1 Å². The number of aliphatic carboxylic acids is 1. The van der Waals surface area contributed by atoms with E-state index >= 15 is 0 Å². The Balaban J connectivity index is 1.91. The van der Waals surface area contributed by atoms with Crippen molar-refractivity contribution >= 4 is 5.97 Å². The predicted octanol–water partition coefficient (Wildman–Crippen LogP) is 2.90. The third kappa shape index (κ3) is 4.02. The van der Waals surface area contributed by atoms with Crippen molar-refractivity contribution in [3.05, 3.63) is 59.7 Å². The summed E-state index contributed by atoms with van der Waals surface area (Å²) in [7, 11) is 1.62. The number of rotatable bonds is 6. The van der Waals surface area contributed by atoms with Crippen LogP contribution in [0, 0.1) is 0 Å². The molecular weight excluding hydrogens is 256 g/mol. The van der Waals surface area contributed by atoms with Crippen molar-refractivity contribution in [1.29, 1.82) is 0 Å². The fourth-order valence-corrected chi connectivity index (χ4v) is 1.77. The Morgan fingerprint density at radius 3 is 2.05 bits per heavy atom. The molecule has 0 unspecified atom stereocenters. The van der Waals surface area contributed by atoms with Crippen molar-refractivity contribution in [2.45, 2.75) is 13.0 Å². The van der Waals surface area contributed by atoms with Crippen molar-refractivity contribution in [3.8, 4) is 11.5 Å². The molecule has 0 aliphatic carbocycles. The molecule has 0 fully saturated rings. The first kappa shape index (κ1) is 13.9. The van der Waals surface area contributed by atoms with Gasteiger partial charge >= 0.3 is 5.97 Å². The zero-order valence-electron chi connectivity index (χ0n) is 11.2. The molecular formula is C16H16O4. The Hall–Kier alpha value is -2.49. The molecule has 4 nitrogen and oxygen atoms in total. The summed E-state index contributed by atoms with van der Waals surface area (Å²) in [5, 5.41) is 8.70. The molecule has 4 heteroatoms. The molecule has 0 bridgehead atoms. The minimum Gasteiger partial charge on any atom is -0.497 e. The van der Waals surface area contributed by atoms with Gasteiger partial charge < -0.3 is 14.6 Å². The van der Waals surface area contributed by atoms with Crippen LogP contribution in [0.25, 0.3) is 0 Å². The summed E-state index contributed by atoms with van der Waals surface area (Å²) in [6, 6.07) is 14.7. The highest BCUT2D eigenvalue weighted by atomic mass is 16.5. The van der Waals surface area contributed by atoms with Crippen LogP contribution in [0.1, 0.15) is 11.1 Å². The summed E-state index contributed by atoms with van der Waals surface area (Å²) < 4.78 is 10.7. The van der Waals surface area contributed by atoms with Crippen LogP contribution in [0.4, 0.5) is 0 Å². The van der Waals surface area contributed by atoms with Crippen LogP contribution in [0.2, 0.25) is 0 Å². The summed E-state index contributed by atoms with van der Waals surface area (Å²) in [6.07, 6.45) is 0.0413. The van der Waals surface area contributed by atoms with Crippen LogP contribution in [0.5, 0.6) is 11.5 Å². The minimum absolute atomic E-state index is 0.0413. The lowest BCUT2D eigenvalue weighted by Crippen LogP contribution is -2.00. The molecule has 0 spiro atoms. The zero-order chi connectivity index (χ0) is 14.4. The van der Waals surface area contributed by atoms with Crippen LogP contribution in [-0.2, 0) is 17.8 Å². The molecule has 2 aromatic carbocycles. The molecule has 2 aromatic rings. The minimum atomic E-state index is -0.827. The molecule has 0 atom stereocenters. The van der Waals surface area contributed by atoms with Crippen molar-refractivity contribution in [2.24, 2.45) is 0 Å². The first-order valence-electron chi connectivity index (χ1n) is 6.24. The highest BCUT2D eigenvalue weighted by Gasteiger charge is 2.01. The van der Waals surface area contributed by atoms with Crippen LogP contribution in [0.3, 0.4) is 0 Å². The number of carbonyl (C=O) groups is 1. The van der Waals surface area contributed by atoms with Gasteiger partial charge in [0.25, 0.3) is 0 Å². The van der Waals surface area contributed by atoms with Gasteiger partial charge in [0, 0.05) is 0 Å². The number of benzene rings is 2. The highest BCUT2D eigenvalue weighted by molar-refractivity contribution is 5.70. The van der Waals surface area contributed by atoms with Crippen molar-refractivity contribution in [3.63, 3.8) is 0 Å². The lowest BCUT2D eigenvalue weighted by molar-refractivity contribution is -0.136. The third-order valence-corrected chi connectivity index (χ3v) is 2.84. The van der Waals surface area contributed by atoms with Crippen LogP contribution in [0.15, 0.2) is 48.5 Å². The Morgan fingerprint density at radius 2 is 1.50 bits per heavy atom. The fourth-order valence-electron chi connectivity index (χ4n) is 1.77. The van der Waals surface area contributed by atoms with E-state index in [0.717, 1.165) is 22.6 Å². The average Bonchev–Trinajstić information content (AvgIpc) is 2.46. The topological polar surface area (TPSA) is 55.8 Å². The largest absolute Gasteiger partial charge is 0.497 e. The van der Waals surface area contributed by atoms with E-state index in [-0.39, 0.29) is 6.42 Å². The van der Waals surface area contributed by atoms with Crippen LogP contribution < -0.4 is 9.47 Å². The molecule has 0 radical (unpaired) electrons. The van der Waals surface area contributed by atoms with E-state index in [1.54, 1.807) is 19.2 Å². The molecule has 0 amide bonds. The van der Waals surface area contributed by atoms with Gasteiger partial charge in [-0.25, -0.2) is 0 Å². The van der Waals surface area contributed by atoms with Gasteiger partial charge in [0.2, 0.25) is 0 Å². The molecule has 0 aromatic heterocycles. The van der Waals surface area contributed by atoms with E-state index in [0.29, 0.717) is 6.61 Å². The Kier molecular flexibility index (Phi) is 4.60. The second-order valence-electron chi connectivity index (χ2n) is 4.35. The number of methoxy groups -OCH3 is 1. The number of ether oxygens (including phenoxy) is 2. The van der Waals surface area contributed by atoms with Gasteiger partial charge in [-0.3, -0.25) is 4.79 Å². The lowest BCUT2D eigenvalue weighted by Gasteiger charge is -2.07.